The average molecular weight is 294 g/mol. The molecule has 12 heavy (non-hydrogen) atoms. The van der Waals surface area contributed by atoms with Crippen LogP contribution in [0.2, 0.25) is 0 Å². The zero-order valence-corrected chi connectivity index (χ0v) is 8.56. The Balaban J connectivity index is 2.46. The van der Waals surface area contributed by atoms with E-state index in [-0.39, 0.29) is 12.5 Å². The lowest BCUT2D eigenvalue weighted by Gasteiger charge is -2.30. The smallest absolute Gasteiger partial charge is 0.365 e. The third kappa shape index (κ3) is 2.76. The first-order chi connectivity index (χ1) is 5.54. The van der Waals surface area contributed by atoms with Crippen molar-refractivity contribution < 1.29 is 17.9 Å². The fraction of sp³-hybridized carbons (Fsp3) is 1.00. The molecule has 0 aromatic rings. The van der Waals surface area contributed by atoms with Gasteiger partial charge in [0.25, 0.3) is 0 Å². The van der Waals surface area contributed by atoms with E-state index in [4.69, 9.17) is 4.74 Å². The normalized spacial score (nSPS) is 32.0. The molecule has 0 bridgehead atoms. The molecule has 1 heterocycles. The summed E-state index contributed by atoms with van der Waals surface area (Å²) in [6.45, 7) is 0. The van der Waals surface area contributed by atoms with E-state index in [2.05, 4.69) is 22.6 Å². The molecule has 1 saturated heterocycles. The Kier molecular flexibility index (Phi) is 3.63. The lowest BCUT2D eigenvalue weighted by atomic mass is 10.0. The van der Waals surface area contributed by atoms with Gasteiger partial charge in [0.15, 0.2) is 6.10 Å². The van der Waals surface area contributed by atoms with Gasteiger partial charge in [-0.2, -0.15) is 13.2 Å². The Hall–Kier alpha value is 0.480. The van der Waals surface area contributed by atoms with Gasteiger partial charge in [-0.1, -0.05) is 22.6 Å². The standard InChI is InChI=1S/C7H10F3IO/c8-7(9,10)6-3-1-2-5(4-11)12-6/h5-6H,1-4H2. The maximum absolute atomic E-state index is 12.1. The van der Waals surface area contributed by atoms with E-state index < -0.39 is 12.3 Å². The van der Waals surface area contributed by atoms with Crippen molar-refractivity contribution in [3.63, 3.8) is 0 Å². The Morgan fingerprint density at radius 2 is 2.00 bits per heavy atom. The van der Waals surface area contributed by atoms with Crippen molar-refractivity contribution in [3.8, 4) is 0 Å². The first kappa shape index (κ1) is 10.6. The van der Waals surface area contributed by atoms with Gasteiger partial charge < -0.3 is 4.74 Å². The van der Waals surface area contributed by atoms with E-state index in [0.29, 0.717) is 10.8 Å². The minimum Gasteiger partial charge on any atom is -0.365 e. The predicted molar refractivity (Wildman–Crippen MR) is 47.5 cm³/mol. The highest BCUT2D eigenvalue weighted by atomic mass is 127. The topological polar surface area (TPSA) is 9.23 Å². The molecule has 0 aliphatic carbocycles. The summed E-state index contributed by atoms with van der Waals surface area (Å²) in [4.78, 5) is 0. The van der Waals surface area contributed by atoms with Crippen molar-refractivity contribution in [3.05, 3.63) is 0 Å². The maximum atomic E-state index is 12.1. The molecule has 1 rings (SSSR count). The van der Waals surface area contributed by atoms with Crippen LogP contribution in [-0.2, 0) is 4.74 Å². The largest absolute Gasteiger partial charge is 0.414 e. The second kappa shape index (κ2) is 4.13. The van der Waals surface area contributed by atoms with E-state index in [1.807, 2.05) is 0 Å². The lowest BCUT2D eigenvalue weighted by molar-refractivity contribution is -0.242. The van der Waals surface area contributed by atoms with Crippen molar-refractivity contribution in [2.24, 2.45) is 0 Å². The van der Waals surface area contributed by atoms with Gasteiger partial charge in [0.2, 0.25) is 0 Å². The van der Waals surface area contributed by atoms with Crippen LogP contribution in [0.15, 0.2) is 0 Å². The third-order valence-corrected chi connectivity index (χ3v) is 2.87. The highest BCUT2D eigenvalue weighted by Crippen LogP contribution is 2.32. The summed E-state index contributed by atoms with van der Waals surface area (Å²) in [7, 11) is 0. The molecular formula is C7H10F3IO. The quantitative estimate of drug-likeness (QED) is 0.534. The summed E-state index contributed by atoms with van der Waals surface area (Å²) in [5, 5.41) is 0. The number of hydrogen-bond acceptors (Lipinski definition) is 1. The zero-order chi connectivity index (χ0) is 9.19. The highest BCUT2D eigenvalue weighted by molar-refractivity contribution is 14.1. The number of ether oxygens (including phenoxy) is 1. The average Bonchev–Trinajstić information content (AvgIpc) is 2.03. The molecule has 0 amide bonds. The molecule has 0 radical (unpaired) electrons. The van der Waals surface area contributed by atoms with Crippen LogP contribution < -0.4 is 0 Å². The number of rotatable bonds is 1. The van der Waals surface area contributed by atoms with E-state index in [1.165, 1.54) is 0 Å². The van der Waals surface area contributed by atoms with Crippen LogP contribution in [0, 0.1) is 0 Å². The second-order valence-electron chi connectivity index (χ2n) is 2.87. The maximum Gasteiger partial charge on any atom is 0.414 e. The third-order valence-electron chi connectivity index (χ3n) is 1.89. The molecule has 1 aliphatic rings. The van der Waals surface area contributed by atoms with Gasteiger partial charge in [-0.3, -0.25) is 0 Å². The van der Waals surface area contributed by atoms with Gasteiger partial charge in [-0.05, 0) is 19.3 Å². The van der Waals surface area contributed by atoms with E-state index in [0.717, 1.165) is 6.42 Å². The number of alkyl halides is 4. The number of hydrogen-bond donors (Lipinski definition) is 0. The fourth-order valence-corrected chi connectivity index (χ4v) is 1.90. The summed E-state index contributed by atoms with van der Waals surface area (Å²) >= 11 is 2.05. The van der Waals surface area contributed by atoms with Crippen LogP contribution in [-0.4, -0.2) is 22.8 Å². The Morgan fingerprint density at radius 1 is 1.33 bits per heavy atom. The molecule has 0 N–H and O–H groups in total. The van der Waals surface area contributed by atoms with E-state index in [1.54, 1.807) is 0 Å². The molecule has 2 atom stereocenters. The molecule has 5 heteroatoms. The Bertz CT molecular complexity index is 148. The lowest BCUT2D eigenvalue weighted by Crippen LogP contribution is -2.39. The molecule has 0 saturated carbocycles. The van der Waals surface area contributed by atoms with Gasteiger partial charge in [0, 0.05) is 4.43 Å². The minimum absolute atomic E-state index is 0.122. The minimum atomic E-state index is -4.18. The highest BCUT2D eigenvalue weighted by Gasteiger charge is 2.43. The van der Waals surface area contributed by atoms with Crippen LogP contribution in [0.4, 0.5) is 13.2 Å². The fourth-order valence-electron chi connectivity index (χ4n) is 1.25. The van der Waals surface area contributed by atoms with Gasteiger partial charge >= 0.3 is 6.18 Å². The Morgan fingerprint density at radius 3 is 2.50 bits per heavy atom. The van der Waals surface area contributed by atoms with Crippen molar-refractivity contribution in [2.45, 2.75) is 37.6 Å². The van der Waals surface area contributed by atoms with E-state index >= 15 is 0 Å². The van der Waals surface area contributed by atoms with Crippen molar-refractivity contribution in [2.75, 3.05) is 4.43 Å². The zero-order valence-electron chi connectivity index (χ0n) is 6.40. The first-order valence-corrected chi connectivity index (χ1v) is 5.34. The van der Waals surface area contributed by atoms with Gasteiger partial charge in [-0.25, -0.2) is 0 Å². The van der Waals surface area contributed by atoms with E-state index in [9.17, 15) is 13.2 Å². The van der Waals surface area contributed by atoms with Crippen molar-refractivity contribution >= 4 is 22.6 Å². The summed E-state index contributed by atoms with van der Waals surface area (Å²) < 4.78 is 41.9. The molecule has 0 aromatic heterocycles. The summed E-state index contributed by atoms with van der Waals surface area (Å²) in [5.41, 5.74) is 0. The first-order valence-electron chi connectivity index (χ1n) is 3.82. The molecule has 0 aromatic carbocycles. The van der Waals surface area contributed by atoms with Gasteiger partial charge in [0.1, 0.15) is 0 Å². The summed E-state index contributed by atoms with van der Waals surface area (Å²) in [5.74, 6) is 0. The van der Waals surface area contributed by atoms with Crippen LogP contribution in [0.25, 0.3) is 0 Å². The van der Waals surface area contributed by atoms with Crippen molar-refractivity contribution in [1.29, 1.82) is 0 Å². The second-order valence-corrected chi connectivity index (χ2v) is 3.75. The van der Waals surface area contributed by atoms with Crippen LogP contribution in [0.3, 0.4) is 0 Å². The van der Waals surface area contributed by atoms with Crippen LogP contribution in [0.1, 0.15) is 19.3 Å². The molecule has 0 spiro atoms. The molecular weight excluding hydrogens is 284 g/mol. The molecule has 72 valence electrons. The van der Waals surface area contributed by atoms with Crippen LogP contribution in [0.5, 0.6) is 0 Å². The number of halogens is 4. The SMILES string of the molecule is FC(F)(F)C1CCCC(CI)O1. The monoisotopic (exact) mass is 294 g/mol. The van der Waals surface area contributed by atoms with Crippen molar-refractivity contribution in [1.82, 2.24) is 0 Å². The molecule has 2 unspecified atom stereocenters. The van der Waals surface area contributed by atoms with Gasteiger partial charge in [0.05, 0.1) is 6.10 Å². The van der Waals surface area contributed by atoms with Gasteiger partial charge in [-0.15, -0.1) is 0 Å². The van der Waals surface area contributed by atoms with Crippen LogP contribution >= 0.6 is 22.6 Å². The molecule has 1 nitrogen and oxygen atoms in total. The molecule has 1 fully saturated rings. The predicted octanol–water partition coefficient (Wildman–Crippen LogP) is 2.92. The molecule has 1 aliphatic heterocycles. The Labute approximate surface area is 82.8 Å². The summed E-state index contributed by atoms with van der Waals surface area (Å²) in [6.07, 6.45) is -4.40. The summed E-state index contributed by atoms with van der Waals surface area (Å²) in [6, 6.07) is 0.